The number of amides is 2. The second-order valence-corrected chi connectivity index (χ2v) is 9.09. The van der Waals surface area contributed by atoms with E-state index in [0.29, 0.717) is 39.4 Å². The lowest BCUT2D eigenvalue weighted by Gasteiger charge is -2.24. The molecule has 2 aromatic rings. The van der Waals surface area contributed by atoms with Crippen LogP contribution in [0.3, 0.4) is 0 Å². The molecule has 182 valence electrons. The predicted molar refractivity (Wildman–Crippen MR) is 128 cm³/mol. The molecule has 1 fully saturated rings. The first-order chi connectivity index (χ1) is 16.5. The Balaban J connectivity index is 1.36. The molecule has 2 aliphatic rings. The summed E-state index contributed by atoms with van der Waals surface area (Å²) in [5.41, 5.74) is 3.29. The molecule has 0 spiro atoms. The maximum atomic E-state index is 13.3. The van der Waals surface area contributed by atoms with Crippen LogP contribution in [0.25, 0.3) is 0 Å². The van der Waals surface area contributed by atoms with Crippen molar-refractivity contribution in [3.05, 3.63) is 59.4 Å². The Labute approximate surface area is 201 Å². The number of rotatable bonds is 9. The molecule has 0 N–H and O–H groups in total. The average molecular weight is 467 g/mol. The molecular weight excluding hydrogens is 432 g/mol. The molecule has 0 radical (unpaired) electrons. The molecule has 0 saturated carbocycles. The Morgan fingerprint density at radius 2 is 2.18 bits per heavy atom. The van der Waals surface area contributed by atoms with Crippen LogP contribution in [0.2, 0.25) is 0 Å². The van der Waals surface area contributed by atoms with E-state index in [0.717, 1.165) is 36.5 Å². The minimum Gasteiger partial charge on any atom is -0.491 e. The molecule has 1 atom stereocenters. The third kappa shape index (κ3) is 6.12. The van der Waals surface area contributed by atoms with Gasteiger partial charge in [-0.1, -0.05) is 12.1 Å². The van der Waals surface area contributed by atoms with Gasteiger partial charge >= 0.3 is 0 Å². The summed E-state index contributed by atoms with van der Waals surface area (Å²) < 4.78 is 11.0. The lowest BCUT2D eigenvalue weighted by Crippen LogP contribution is -2.38. The lowest BCUT2D eigenvalue weighted by atomic mass is 10.1. The molecule has 2 aliphatic heterocycles. The van der Waals surface area contributed by atoms with E-state index in [1.807, 2.05) is 35.4 Å². The molecule has 2 amide bonds. The summed E-state index contributed by atoms with van der Waals surface area (Å²) in [5, 5.41) is 0. The van der Waals surface area contributed by atoms with Gasteiger partial charge in [-0.2, -0.15) is 0 Å². The highest BCUT2D eigenvalue weighted by Gasteiger charge is 2.36. The van der Waals surface area contributed by atoms with Gasteiger partial charge in [-0.25, -0.2) is 0 Å². The van der Waals surface area contributed by atoms with Crippen LogP contribution in [0, 0.1) is 5.92 Å². The summed E-state index contributed by atoms with van der Waals surface area (Å²) in [6, 6.07) is 12.2. The topological polar surface area (TPSA) is 75.2 Å². The van der Waals surface area contributed by atoms with Crippen molar-refractivity contribution in [2.45, 2.75) is 25.9 Å². The molecule has 8 heteroatoms. The van der Waals surface area contributed by atoms with Gasteiger partial charge in [0.1, 0.15) is 12.4 Å². The van der Waals surface area contributed by atoms with Crippen LogP contribution < -0.4 is 4.74 Å². The van der Waals surface area contributed by atoms with Crippen molar-refractivity contribution in [3.8, 4) is 5.75 Å². The number of hydrogen-bond donors (Lipinski definition) is 0. The van der Waals surface area contributed by atoms with Gasteiger partial charge in [-0.05, 0) is 36.9 Å². The minimum absolute atomic E-state index is 0.0258. The van der Waals surface area contributed by atoms with E-state index in [1.165, 1.54) is 5.56 Å². The molecule has 34 heavy (non-hydrogen) atoms. The van der Waals surface area contributed by atoms with Gasteiger partial charge in [0.25, 0.3) is 0 Å². The third-order valence-electron chi connectivity index (χ3n) is 6.47. The van der Waals surface area contributed by atoms with Crippen molar-refractivity contribution in [2.75, 3.05) is 53.6 Å². The first kappa shape index (κ1) is 24.2. The number of methoxy groups -OCH3 is 1. The van der Waals surface area contributed by atoms with Crippen molar-refractivity contribution in [1.29, 1.82) is 0 Å². The zero-order valence-corrected chi connectivity index (χ0v) is 20.1. The van der Waals surface area contributed by atoms with Gasteiger partial charge in [0, 0.05) is 70.1 Å². The fraction of sp³-hybridized carbons (Fsp3) is 0.500. The van der Waals surface area contributed by atoms with Gasteiger partial charge < -0.3 is 24.2 Å². The number of aromatic nitrogens is 1. The number of benzene rings is 1. The number of likely N-dealkylation sites (N-methyl/N-ethyl adjacent to an activating group) is 1. The monoisotopic (exact) mass is 466 g/mol. The van der Waals surface area contributed by atoms with Crippen LogP contribution in [0.5, 0.6) is 5.75 Å². The molecule has 1 saturated heterocycles. The molecule has 1 unspecified atom stereocenters. The summed E-state index contributed by atoms with van der Waals surface area (Å²) in [7, 11) is 3.72. The molecule has 1 aromatic heterocycles. The molecule has 1 aromatic carbocycles. The van der Waals surface area contributed by atoms with E-state index in [9.17, 15) is 9.59 Å². The molecule has 0 aliphatic carbocycles. The number of likely N-dealkylation sites (tertiary alicyclic amines) is 1. The van der Waals surface area contributed by atoms with Crippen molar-refractivity contribution in [1.82, 2.24) is 19.7 Å². The van der Waals surface area contributed by atoms with Crippen LogP contribution in [0.15, 0.2) is 42.6 Å². The molecule has 0 bridgehead atoms. The van der Waals surface area contributed by atoms with Crippen LogP contribution in [0.1, 0.15) is 23.2 Å². The Morgan fingerprint density at radius 1 is 1.29 bits per heavy atom. The van der Waals surface area contributed by atoms with Crippen LogP contribution in [-0.4, -0.2) is 85.0 Å². The van der Waals surface area contributed by atoms with Crippen molar-refractivity contribution in [3.63, 3.8) is 0 Å². The zero-order valence-electron chi connectivity index (χ0n) is 20.1. The average Bonchev–Trinajstić information content (AvgIpc) is 3.08. The summed E-state index contributed by atoms with van der Waals surface area (Å²) in [6.07, 6.45) is 3.00. The lowest BCUT2D eigenvalue weighted by molar-refractivity contribution is -0.136. The summed E-state index contributed by atoms with van der Waals surface area (Å²) in [5.74, 6) is 0.590. The van der Waals surface area contributed by atoms with Gasteiger partial charge in [-0.3, -0.25) is 14.6 Å². The normalized spacial score (nSPS) is 18.1. The van der Waals surface area contributed by atoms with Gasteiger partial charge in [0.2, 0.25) is 11.8 Å². The Kier molecular flexibility index (Phi) is 8.13. The zero-order chi connectivity index (χ0) is 23.9. The number of pyridine rings is 1. The Bertz CT molecular complexity index is 984. The second-order valence-electron chi connectivity index (χ2n) is 9.09. The SMILES string of the molecule is COCCN1CC(C(=O)N2CCOc3ccc(CN(C)CCc4ccccn4)cc3C2)CC1=O. The van der Waals surface area contributed by atoms with E-state index in [1.54, 1.807) is 12.0 Å². The highest BCUT2D eigenvalue weighted by atomic mass is 16.5. The fourth-order valence-electron chi connectivity index (χ4n) is 4.59. The van der Waals surface area contributed by atoms with E-state index < -0.39 is 0 Å². The number of carbonyl (C=O) groups excluding carboxylic acids is 2. The van der Waals surface area contributed by atoms with E-state index in [4.69, 9.17) is 9.47 Å². The highest BCUT2D eigenvalue weighted by Crippen LogP contribution is 2.27. The van der Waals surface area contributed by atoms with E-state index >= 15 is 0 Å². The number of carbonyl (C=O) groups is 2. The summed E-state index contributed by atoms with van der Waals surface area (Å²) in [4.78, 5) is 35.8. The molecule has 3 heterocycles. The Hall–Kier alpha value is -2.97. The number of nitrogens with zero attached hydrogens (tertiary/aromatic N) is 4. The second kappa shape index (κ2) is 11.4. The van der Waals surface area contributed by atoms with Gasteiger partial charge in [-0.15, -0.1) is 0 Å². The summed E-state index contributed by atoms with van der Waals surface area (Å²) >= 11 is 0. The molecular formula is C26H34N4O4. The van der Waals surface area contributed by atoms with Crippen LogP contribution >= 0.6 is 0 Å². The quantitative estimate of drug-likeness (QED) is 0.563. The summed E-state index contributed by atoms with van der Waals surface area (Å²) in [6.45, 7) is 4.67. The van der Waals surface area contributed by atoms with Crippen LogP contribution in [-0.2, 0) is 33.8 Å². The highest BCUT2D eigenvalue weighted by molar-refractivity contribution is 5.89. The standard InChI is InChI=1S/C26H34N4O4/c1-28(10-8-23-5-3-4-9-27-23)17-20-6-7-24-21(15-20)18-30(12-14-34-24)26(32)22-16-25(31)29(19-22)11-13-33-2/h3-7,9,15,22H,8,10-14,16-19H2,1-2H3. The number of hydrogen-bond acceptors (Lipinski definition) is 6. The maximum absolute atomic E-state index is 13.3. The molecule has 8 nitrogen and oxygen atoms in total. The van der Waals surface area contributed by atoms with E-state index in [2.05, 4.69) is 29.1 Å². The minimum atomic E-state index is -0.299. The smallest absolute Gasteiger partial charge is 0.228 e. The largest absolute Gasteiger partial charge is 0.491 e. The van der Waals surface area contributed by atoms with Gasteiger partial charge in [0.15, 0.2) is 0 Å². The third-order valence-corrected chi connectivity index (χ3v) is 6.47. The first-order valence-electron chi connectivity index (χ1n) is 11.9. The molecule has 4 rings (SSSR count). The first-order valence-corrected chi connectivity index (χ1v) is 11.9. The van der Waals surface area contributed by atoms with Gasteiger partial charge in [0.05, 0.1) is 19.1 Å². The number of fused-ring (bicyclic) bond motifs is 1. The van der Waals surface area contributed by atoms with Crippen LogP contribution in [0.4, 0.5) is 0 Å². The number of ether oxygens (including phenoxy) is 2. The van der Waals surface area contributed by atoms with Crippen molar-refractivity contribution >= 4 is 11.8 Å². The maximum Gasteiger partial charge on any atom is 0.228 e. The van der Waals surface area contributed by atoms with Crippen molar-refractivity contribution in [2.24, 2.45) is 5.92 Å². The fourth-order valence-corrected chi connectivity index (χ4v) is 4.59. The Morgan fingerprint density at radius 3 is 2.97 bits per heavy atom. The predicted octanol–water partition coefficient (Wildman–Crippen LogP) is 1.97. The van der Waals surface area contributed by atoms with Crippen molar-refractivity contribution < 1.29 is 19.1 Å². The van der Waals surface area contributed by atoms with E-state index in [-0.39, 0.29) is 24.2 Å².